The summed E-state index contributed by atoms with van der Waals surface area (Å²) < 4.78 is 49.4. The summed E-state index contributed by atoms with van der Waals surface area (Å²) in [6.45, 7) is 1.66. The van der Waals surface area contributed by atoms with Crippen LogP contribution < -0.4 is 9.80 Å². The zero-order chi connectivity index (χ0) is 20.8. The predicted octanol–water partition coefficient (Wildman–Crippen LogP) is 3.02. The molecule has 0 spiro atoms. The van der Waals surface area contributed by atoms with Crippen molar-refractivity contribution in [1.29, 1.82) is 0 Å². The summed E-state index contributed by atoms with van der Waals surface area (Å²) in [5.74, 6) is -3.47. The zero-order valence-corrected chi connectivity index (χ0v) is 15.9. The van der Waals surface area contributed by atoms with Gasteiger partial charge in [0.2, 0.25) is 5.82 Å². The molecule has 0 radical (unpaired) electrons. The number of halogens is 3. The lowest BCUT2D eigenvalue weighted by molar-refractivity contribution is -0.793. The minimum Gasteiger partial charge on any atom is -0.628 e. The van der Waals surface area contributed by atoms with Crippen LogP contribution in [-0.2, 0) is 19.5 Å². The summed E-state index contributed by atoms with van der Waals surface area (Å²) >= 11 is 0. The number of aromatic nitrogens is 3. The van der Waals surface area contributed by atoms with Crippen molar-refractivity contribution in [3.8, 4) is 17.0 Å². The van der Waals surface area contributed by atoms with Gasteiger partial charge in [-0.3, -0.25) is 9.67 Å². The van der Waals surface area contributed by atoms with E-state index in [2.05, 4.69) is 10.1 Å². The highest BCUT2D eigenvalue weighted by molar-refractivity contribution is 5.68. The maximum atomic E-state index is 14.3. The Balaban J connectivity index is 1.68. The number of pyridine rings is 1. The average molecular weight is 404 g/mol. The van der Waals surface area contributed by atoms with E-state index in [0.717, 1.165) is 11.8 Å². The molecular formula is C20H19F3N4O2. The summed E-state index contributed by atoms with van der Waals surface area (Å²) in [6, 6.07) is 6.00. The van der Waals surface area contributed by atoms with E-state index < -0.39 is 16.8 Å². The van der Waals surface area contributed by atoms with Gasteiger partial charge in [-0.15, -0.1) is 0 Å². The van der Waals surface area contributed by atoms with Gasteiger partial charge >= 0.3 is 0 Å². The van der Waals surface area contributed by atoms with E-state index in [1.807, 2.05) is 0 Å². The number of hydrogen-bond acceptors (Lipinski definition) is 4. The highest BCUT2D eigenvalue weighted by Crippen LogP contribution is 2.44. The normalized spacial score (nSPS) is 16.2. The summed E-state index contributed by atoms with van der Waals surface area (Å²) in [7, 11) is 1.67. The van der Waals surface area contributed by atoms with Gasteiger partial charge in [-0.25, -0.2) is 8.78 Å². The molecule has 1 N–H and O–H groups in total. The monoisotopic (exact) mass is 404 g/mol. The van der Waals surface area contributed by atoms with Crippen LogP contribution in [0, 0.1) is 17.9 Å². The molecule has 1 aliphatic rings. The van der Waals surface area contributed by atoms with Gasteiger partial charge < -0.3 is 15.0 Å². The number of benzene rings is 1. The Hall–Kier alpha value is -2.91. The molecule has 1 unspecified atom stereocenters. The van der Waals surface area contributed by atoms with Gasteiger partial charge in [-0.05, 0) is 30.7 Å². The highest BCUT2D eigenvalue weighted by atomic mass is 19.3. The standard InChI is InChI=1S/C20H19F3N4O2/c1-12-7-19-15(20(22,23)4-6-29-19)9-14(12)18-8-13(25-26(18)2)11-27(28)17-3-5-24-10-16(17)21/h3,5,7-10,27H,4,6,11H2,1-2H3. The van der Waals surface area contributed by atoms with Crippen molar-refractivity contribution in [2.24, 2.45) is 7.05 Å². The number of ether oxygens (including phenoxy) is 1. The lowest BCUT2D eigenvalue weighted by Crippen LogP contribution is -3.00. The van der Waals surface area contributed by atoms with Gasteiger partial charge in [-0.1, -0.05) is 0 Å². The first-order valence-electron chi connectivity index (χ1n) is 9.08. The maximum absolute atomic E-state index is 14.3. The largest absolute Gasteiger partial charge is 0.628 e. The van der Waals surface area contributed by atoms with E-state index in [-0.39, 0.29) is 36.6 Å². The molecule has 1 aliphatic heterocycles. The Labute approximate surface area is 165 Å². The van der Waals surface area contributed by atoms with E-state index in [9.17, 15) is 18.4 Å². The van der Waals surface area contributed by atoms with E-state index in [4.69, 9.17) is 4.74 Å². The van der Waals surface area contributed by atoms with Gasteiger partial charge in [0.25, 0.3) is 5.92 Å². The average Bonchev–Trinajstić information content (AvgIpc) is 3.01. The van der Waals surface area contributed by atoms with Crippen LogP contribution in [0.5, 0.6) is 5.75 Å². The van der Waals surface area contributed by atoms with Crippen molar-refractivity contribution in [2.45, 2.75) is 25.8 Å². The molecule has 2 aromatic heterocycles. The lowest BCUT2D eigenvalue weighted by atomic mass is 9.95. The fourth-order valence-corrected chi connectivity index (χ4v) is 3.51. The third-order valence-electron chi connectivity index (χ3n) is 5.02. The van der Waals surface area contributed by atoms with E-state index in [1.54, 1.807) is 26.1 Å². The number of nitrogens with zero attached hydrogens (tertiary/aromatic N) is 3. The first-order valence-corrected chi connectivity index (χ1v) is 9.08. The third kappa shape index (κ3) is 3.58. The molecule has 0 fully saturated rings. The zero-order valence-electron chi connectivity index (χ0n) is 15.9. The number of alkyl halides is 2. The van der Waals surface area contributed by atoms with Crippen LogP contribution in [0.25, 0.3) is 11.3 Å². The number of aryl methyl sites for hydroxylation is 2. The minimum atomic E-state index is -2.97. The Morgan fingerprint density at radius 1 is 1.31 bits per heavy atom. The second kappa shape index (κ2) is 7.16. The van der Waals surface area contributed by atoms with E-state index in [0.29, 0.717) is 17.0 Å². The van der Waals surface area contributed by atoms with Crippen molar-refractivity contribution in [3.05, 3.63) is 64.5 Å². The first-order chi connectivity index (χ1) is 13.8. The van der Waals surface area contributed by atoms with Crippen LogP contribution >= 0.6 is 0 Å². The van der Waals surface area contributed by atoms with Crippen molar-refractivity contribution in [1.82, 2.24) is 14.8 Å². The molecular weight excluding hydrogens is 385 g/mol. The summed E-state index contributed by atoms with van der Waals surface area (Å²) in [4.78, 5) is 3.63. The van der Waals surface area contributed by atoms with Crippen LogP contribution in [0.2, 0.25) is 0 Å². The number of fused-ring (bicyclic) bond motifs is 1. The molecule has 0 saturated carbocycles. The van der Waals surface area contributed by atoms with Gasteiger partial charge in [0.1, 0.15) is 18.0 Å². The van der Waals surface area contributed by atoms with Crippen LogP contribution in [-0.4, -0.2) is 21.4 Å². The fraction of sp³-hybridized carbons (Fsp3) is 0.300. The van der Waals surface area contributed by atoms with Gasteiger partial charge in [0, 0.05) is 24.9 Å². The molecule has 1 atom stereocenters. The second-order valence-corrected chi connectivity index (χ2v) is 7.07. The molecule has 3 aromatic rings. The predicted molar refractivity (Wildman–Crippen MR) is 99.3 cm³/mol. The molecule has 29 heavy (non-hydrogen) atoms. The van der Waals surface area contributed by atoms with Crippen LogP contribution in [0.15, 0.2) is 36.7 Å². The molecule has 1 aromatic carbocycles. The number of quaternary nitrogens is 1. The number of hydroxylamine groups is 1. The van der Waals surface area contributed by atoms with Crippen molar-refractivity contribution in [3.63, 3.8) is 0 Å². The van der Waals surface area contributed by atoms with Crippen LogP contribution in [0.1, 0.15) is 23.2 Å². The minimum absolute atomic E-state index is 0.0255. The Morgan fingerprint density at radius 2 is 2.10 bits per heavy atom. The number of nitrogens with one attached hydrogen (secondary N) is 1. The van der Waals surface area contributed by atoms with Gasteiger partial charge in [-0.2, -0.15) is 9.49 Å². The number of rotatable bonds is 4. The number of hydrogen-bond donors (Lipinski definition) is 1. The lowest BCUT2D eigenvalue weighted by Gasteiger charge is -2.26. The molecule has 6 nitrogen and oxygen atoms in total. The van der Waals surface area contributed by atoms with Crippen molar-refractivity contribution in [2.75, 3.05) is 6.61 Å². The summed E-state index contributed by atoms with van der Waals surface area (Å²) in [5.41, 5.74) is 2.13. The summed E-state index contributed by atoms with van der Waals surface area (Å²) in [5, 5.41) is 16.3. The molecule has 0 amide bonds. The van der Waals surface area contributed by atoms with Crippen molar-refractivity contribution >= 4 is 5.69 Å². The molecule has 0 saturated heterocycles. The highest BCUT2D eigenvalue weighted by Gasteiger charge is 2.38. The second-order valence-electron chi connectivity index (χ2n) is 7.07. The molecule has 3 heterocycles. The van der Waals surface area contributed by atoms with Gasteiger partial charge in [0.15, 0.2) is 5.69 Å². The first kappa shape index (κ1) is 19.4. The molecule has 152 valence electrons. The molecule has 0 bridgehead atoms. The molecule has 0 aliphatic carbocycles. The van der Waals surface area contributed by atoms with Crippen LogP contribution in [0.4, 0.5) is 18.9 Å². The maximum Gasteiger partial charge on any atom is 0.280 e. The fourth-order valence-electron chi connectivity index (χ4n) is 3.51. The Kier molecular flexibility index (Phi) is 4.79. The molecule has 9 heteroatoms. The smallest absolute Gasteiger partial charge is 0.280 e. The Bertz CT molecular complexity index is 1070. The van der Waals surface area contributed by atoms with E-state index in [1.165, 1.54) is 23.0 Å². The Morgan fingerprint density at radius 3 is 2.86 bits per heavy atom. The summed E-state index contributed by atoms with van der Waals surface area (Å²) in [6.07, 6.45) is 1.96. The van der Waals surface area contributed by atoms with Gasteiger partial charge in [0.05, 0.1) is 30.5 Å². The topological polar surface area (TPSA) is 67.4 Å². The quantitative estimate of drug-likeness (QED) is 0.679. The SMILES string of the molecule is Cc1cc2c(cc1-c1cc(C[NH+]([O-])c3ccncc3F)nn1C)C(F)(F)CCO2. The van der Waals surface area contributed by atoms with Crippen molar-refractivity contribution < 1.29 is 23.0 Å². The third-order valence-corrected chi connectivity index (χ3v) is 5.02. The molecule has 4 rings (SSSR count). The van der Waals surface area contributed by atoms with Crippen LogP contribution in [0.3, 0.4) is 0 Å². The van der Waals surface area contributed by atoms with E-state index >= 15 is 0 Å².